The van der Waals surface area contributed by atoms with Crippen LogP contribution in [-0.2, 0) is 12.0 Å². The van der Waals surface area contributed by atoms with Crippen molar-refractivity contribution >= 4 is 35.0 Å². The Hall–Kier alpha value is -4.65. The van der Waals surface area contributed by atoms with Crippen LogP contribution in [-0.4, -0.2) is 86.0 Å². The fraction of sp³-hybridized carbons (Fsp3) is 0.476. The van der Waals surface area contributed by atoms with Crippen LogP contribution in [0.2, 0.25) is 5.02 Å². The van der Waals surface area contributed by atoms with Crippen LogP contribution in [0.25, 0.3) is 11.3 Å². The Morgan fingerprint density at radius 1 is 0.927 bits per heavy atom. The van der Waals surface area contributed by atoms with E-state index in [1.54, 1.807) is 0 Å². The Bertz CT molecular complexity index is 2150. The third kappa shape index (κ3) is 8.03. The largest absolute Gasteiger partial charge is 0.484 e. The Morgan fingerprint density at radius 2 is 1.73 bits per heavy atom. The molecule has 0 bridgehead atoms. The molecule has 0 spiro atoms. The molecule has 55 heavy (non-hydrogen) atoms. The van der Waals surface area contributed by atoms with Crippen LogP contribution in [0, 0.1) is 0 Å². The molecule has 3 aromatic heterocycles. The highest BCUT2D eigenvalue weighted by Gasteiger charge is 2.31. The molecule has 0 radical (unpaired) electrons. The summed E-state index contributed by atoms with van der Waals surface area (Å²) in [6, 6.07) is 20.1. The number of pyridine rings is 1. The van der Waals surface area contributed by atoms with Crippen LogP contribution in [0.15, 0.2) is 66.9 Å². The number of anilines is 2. The predicted octanol–water partition coefficient (Wildman–Crippen LogP) is 7.77. The molecule has 3 atom stereocenters. The summed E-state index contributed by atoms with van der Waals surface area (Å²) in [4.78, 5) is 21.0. The number of likely N-dealkylation sites (N-methyl/N-ethyl adjacent to an activating group) is 1. The van der Waals surface area contributed by atoms with Crippen LogP contribution in [0.1, 0.15) is 94.3 Å². The molecule has 2 fully saturated rings. The van der Waals surface area contributed by atoms with E-state index in [4.69, 9.17) is 21.4 Å². The molecule has 13 heteroatoms. The number of ether oxygens (including phenoxy) is 1. The van der Waals surface area contributed by atoms with Gasteiger partial charge in [-0.05, 0) is 93.1 Å². The Morgan fingerprint density at radius 3 is 2.51 bits per heavy atom. The number of benzene rings is 2. The van der Waals surface area contributed by atoms with Crippen molar-refractivity contribution in [2.75, 3.05) is 50.0 Å². The van der Waals surface area contributed by atoms with Crippen molar-refractivity contribution < 1.29 is 9.53 Å². The molecule has 0 saturated carbocycles. The van der Waals surface area contributed by atoms with E-state index in [9.17, 15) is 4.79 Å². The minimum Gasteiger partial charge on any atom is -0.484 e. The topological polar surface area (TPSA) is 108 Å². The van der Waals surface area contributed by atoms with E-state index in [0.29, 0.717) is 11.9 Å². The second-order valence-electron chi connectivity index (χ2n) is 16.5. The summed E-state index contributed by atoms with van der Waals surface area (Å²) < 4.78 is 10.6. The summed E-state index contributed by atoms with van der Waals surface area (Å²) in [5.41, 5.74) is 5.47. The lowest BCUT2D eigenvalue weighted by molar-refractivity contribution is 0.148. The SMILES string of the molecule is C[C@H]1CCCCN1c1nnc2ccc(O[C@@H]3CC[C@H](NC(=O)Nc4cc(C(C)(C)C)nn4-c4ccc(Cl)c(CN5CCN(C)CC5)c4)c4ccccc43)cn12. The zero-order chi connectivity index (χ0) is 38.3. The Kier molecular flexibility index (Phi) is 10.5. The van der Waals surface area contributed by atoms with Gasteiger partial charge in [0.15, 0.2) is 5.65 Å². The maximum absolute atomic E-state index is 13.9. The van der Waals surface area contributed by atoms with Crippen molar-refractivity contribution in [3.63, 3.8) is 0 Å². The van der Waals surface area contributed by atoms with Crippen molar-refractivity contribution in [1.29, 1.82) is 0 Å². The zero-order valence-electron chi connectivity index (χ0n) is 32.6. The van der Waals surface area contributed by atoms with Gasteiger partial charge >= 0.3 is 6.03 Å². The second-order valence-corrected chi connectivity index (χ2v) is 16.9. The number of amides is 2. The lowest BCUT2D eigenvalue weighted by Crippen LogP contribution is -2.43. The second kappa shape index (κ2) is 15.5. The molecule has 290 valence electrons. The summed E-state index contributed by atoms with van der Waals surface area (Å²) in [5, 5.41) is 21.1. The molecule has 12 nitrogen and oxygen atoms in total. The lowest BCUT2D eigenvalue weighted by atomic mass is 9.85. The van der Waals surface area contributed by atoms with Crippen molar-refractivity contribution in [2.24, 2.45) is 0 Å². The van der Waals surface area contributed by atoms with Gasteiger partial charge in [0.05, 0.1) is 23.6 Å². The number of piperidine rings is 1. The van der Waals surface area contributed by atoms with Gasteiger partial charge < -0.3 is 19.9 Å². The summed E-state index contributed by atoms with van der Waals surface area (Å²) in [5.74, 6) is 2.23. The number of nitrogens with zero attached hydrogens (tertiary/aromatic N) is 8. The van der Waals surface area contributed by atoms with Crippen molar-refractivity contribution in [1.82, 2.24) is 39.5 Å². The molecular weight excluding hydrogens is 712 g/mol. The Labute approximate surface area is 328 Å². The normalized spacial score (nSPS) is 21.1. The molecule has 1 aliphatic carbocycles. The highest BCUT2D eigenvalue weighted by molar-refractivity contribution is 6.31. The van der Waals surface area contributed by atoms with Crippen molar-refractivity contribution in [3.05, 3.63) is 94.3 Å². The highest BCUT2D eigenvalue weighted by atomic mass is 35.5. The quantitative estimate of drug-likeness (QED) is 0.165. The molecule has 2 amide bonds. The van der Waals surface area contributed by atoms with E-state index in [0.717, 1.165) is 115 Å². The standard InChI is InChI=1S/C42H53ClN10O2/c1-28-10-8-9-19-51(28)41-47-46-38-18-14-31(27-52(38)41)55-36-17-16-35(32-11-6-7-12-33(32)36)44-40(54)45-39-25-37(42(2,3)4)48-53(39)30-13-15-34(43)29(24-30)26-50-22-20-49(5)21-23-50/h6-7,11-15,18,24-25,27-28,35-36H,8-10,16-17,19-23,26H2,1-5H3,(H2,44,45,54)/t28-,35-,36+/m0/s1. The van der Waals surface area contributed by atoms with Gasteiger partial charge in [-0.1, -0.05) is 56.6 Å². The van der Waals surface area contributed by atoms with Crippen LogP contribution in [0.5, 0.6) is 5.75 Å². The van der Waals surface area contributed by atoms with Crippen LogP contribution < -0.4 is 20.3 Å². The fourth-order valence-corrected chi connectivity index (χ4v) is 8.29. The molecule has 8 rings (SSSR count). The number of hydrogen-bond acceptors (Lipinski definition) is 8. The number of carbonyl (C=O) groups excluding carboxylic acids is 1. The average molecular weight is 765 g/mol. The number of hydrogen-bond donors (Lipinski definition) is 2. The van der Waals surface area contributed by atoms with E-state index in [1.165, 1.54) is 6.42 Å². The maximum atomic E-state index is 13.9. The van der Waals surface area contributed by atoms with Crippen LogP contribution >= 0.6 is 11.6 Å². The molecule has 2 N–H and O–H groups in total. The van der Waals surface area contributed by atoms with E-state index in [-0.39, 0.29) is 23.6 Å². The minimum absolute atomic E-state index is 0.163. The number of nitrogens with one attached hydrogen (secondary N) is 2. The van der Waals surface area contributed by atoms with Crippen LogP contribution in [0.3, 0.4) is 0 Å². The first-order valence-electron chi connectivity index (χ1n) is 19.7. The first kappa shape index (κ1) is 37.3. The number of halogens is 1. The molecule has 2 aromatic carbocycles. The highest BCUT2D eigenvalue weighted by Crippen LogP contribution is 2.39. The Balaban J connectivity index is 0.990. The van der Waals surface area contributed by atoms with E-state index >= 15 is 0 Å². The third-order valence-corrected chi connectivity index (χ3v) is 11.8. The molecule has 0 unspecified atom stereocenters. The number of rotatable bonds is 8. The predicted molar refractivity (Wildman–Crippen MR) is 218 cm³/mol. The van der Waals surface area contributed by atoms with Gasteiger partial charge in [0.2, 0.25) is 5.95 Å². The molecule has 5 heterocycles. The number of fused-ring (bicyclic) bond motifs is 2. The summed E-state index contributed by atoms with van der Waals surface area (Å²) >= 11 is 6.73. The van der Waals surface area contributed by atoms with Gasteiger partial charge in [-0.25, -0.2) is 9.48 Å². The smallest absolute Gasteiger partial charge is 0.320 e. The maximum Gasteiger partial charge on any atom is 0.320 e. The average Bonchev–Trinajstić information content (AvgIpc) is 3.79. The number of piperazine rings is 1. The van der Waals surface area contributed by atoms with Gasteiger partial charge in [0.1, 0.15) is 17.7 Å². The van der Waals surface area contributed by atoms with Crippen molar-refractivity contribution in [3.8, 4) is 11.4 Å². The van der Waals surface area contributed by atoms with Crippen LogP contribution in [0.4, 0.5) is 16.6 Å². The van der Waals surface area contributed by atoms with E-state index < -0.39 is 0 Å². The van der Waals surface area contributed by atoms with Gasteiger partial charge in [0.25, 0.3) is 0 Å². The number of carbonyl (C=O) groups is 1. The first-order chi connectivity index (χ1) is 26.5. The molecule has 3 aliphatic rings. The van der Waals surface area contributed by atoms with Gasteiger partial charge in [-0.2, -0.15) is 5.10 Å². The third-order valence-electron chi connectivity index (χ3n) is 11.4. The van der Waals surface area contributed by atoms with E-state index in [1.807, 2.05) is 53.3 Å². The molecular formula is C42H53ClN10O2. The van der Waals surface area contributed by atoms with Gasteiger partial charge in [0, 0.05) is 61.8 Å². The zero-order valence-corrected chi connectivity index (χ0v) is 33.4. The molecule has 2 saturated heterocycles. The lowest BCUT2D eigenvalue weighted by Gasteiger charge is -2.33. The van der Waals surface area contributed by atoms with Gasteiger partial charge in [-0.3, -0.25) is 14.6 Å². The van der Waals surface area contributed by atoms with E-state index in [2.05, 4.69) is 92.9 Å². The summed E-state index contributed by atoms with van der Waals surface area (Å²) in [6.07, 6.45) is 6.86. The first-order valence-corrected chi connectivity index (χ1v) is 20.1. The summed E-state index contributed by atoms with van der Waals surface area (Å²) in [7, 11) is 2.16. The van der Waals surface area contributed by atoms with Gasteiger partial charge in [-0.15, -0.1) is 10.2 Å². The van der Waals surface area contributed by atoms with Crippen molar-refractivity contribution in [2.45, 2.75) is 89.9 Å². The molecule has 5 aromatic rings. The fourth-order valence-electron chi connectivity index (χ4n) is 8.11. The summed E-state index contributed by atoms with van der Waals surface area (Å²) in [6.45, 7) is 14.4. The number of urea groups is 1. The minimum atomic E-state index is -0.287. The molecule has 2 aliphatic heterocycles. The number of aromatic nitrogens is 5. The monoisotopic (exact) mass is 764 g/mol.